The number of rotatable bonds is 7. The first kappa shape index (κ1) is 13.4. The van der Waals surface area contributed by atoms with Gasteiger partial charge in [-0.1, -0.05) is 0 Å². The number of hydrogen-bond acceptors (Lipinski definition) is 4. The molecule has 1 rings (SSSR count). The van der Waals surface area contributed by atoms with E-state index >= 15 is 0 Å². The molecule has 0 saturated carbocycles. The Morgan fingerprint density at radius 3 is 2.56 bits per heavy atom. The van der Waals surface area contributed by atoms with Crippen molar-refractivity contribution in [2.24, 2.45) is 5.92 Å². The van der Waals surface area contributed by atoms with Crippen LogP contribution in [-0.2, 0) is 14.3 Å². The fraction of sp³-hybridized carbons (Fsp3) is 0.909. The second kappa shape index (κ2) is 6.83. The summed E-state index contributed by atoms with van der Waals surface area (Å²) in [6.07, 6.45) is 0. The van der Waals surface area contributed by atoms with Crippen LogP contribution in [0, 0.1) is 5.92 Å². The fourth-order valence-corrected chi connectivity index (χ4v) is 1.77. The summed E-state index contributed by atoms with van der Waals surface area (Å²) >= 11 is 0. The number of ether oxygens (including phenoxy) is 2. The third kappa shape index (κ3) is 3.43. The average Bonchev–Trinajstić information content (AvgIpc) is 2.16. The molecule has 1 aliphatic heterocycles. The Kier molecular flexibility index (Phi) is 5.73. The lowest BCUT2D eigenvalue weighted by Crippen LogP contribution is -2.55. The third-order valence-corrected chi connectivity index (χ3v) is 2.89. The summed E-state index contributed by atoms with van der Waals surface area (Å²) in [5.74, 6) is 0.344. The largest absolute Gasteiger partial charge is 0.383 e. The Balaban J connectivity index is 2.50. The Morgan fingerprint density at radius 2 is 2.12 bits per heavy atom. The van der Waals surface area contributed by atoms with Crippen LogP contribution in [-0.4, -0.2) is 63.9 Å². The van der Waals surface area contributed by atoms with Crippen molar-refractivity contribution in [3.63, 3.8) is 0 Å². The Labute approximate surface area is 97.1 Å². The summed E-state index contributed by atoms with van der Waals surface area (Å²) in [5.41, 5.74) is 0. The first-order valence-electron chi connectivity index (χ1n) is 5.69. The van der Waals surface area contributed by atoms with Gasteiger partial charge in [0, 0.05) is 33.9 Å². The van der Waals surface area contributed by atoms with E-state index in [-0.39, 0.29) is 17.9 Å². The minimum Gasteiger partial charge on any atom is -0.383 e. The van der Waals surface area contributed by atoms with Gasteiger partial charge in [-0.05, 0) is 6.92 Å². The predicted octanol–water partition coefficient (Wildman–Crippen LogP) is -0.284. The molecular weight excluding hydrogens is 208 g/mol. The van der Waals surface area contributed by atoms with Crippen molar-refractivity contribution >= 4 is 5.91 Å². The van der Waals surface area contributed by atoms with E-state index in [9.17, 15) is 4.79 Å². The fourth-order valence-electron chi connectivity index (χ4n) is 1.77. The van der Waals surface area contributed by atoms with Gasteiger partial charge in [-0.3, -0.25) is 4.79 Å². The van der Waals surface area contributed by atoms with E-state index in [1.54, 1.807) is 14.2 Å². The minimum atomic E-state index is 0.105. The maximum Gasteiger partial charge on any atom is 0.228 e. The van der Waals surface area contributed by atoms with Crippen LogP contribution in [0.25, 0.3) is 0 Å². The van der Waals surface area contributed by atoms with E-state index in [2.05, 4.69) is 5.32 Å². The third-order valence-electron chi connectivity index (χ3n) is 2.89. The van der Waals surface area contributed by atoms with Crippen LogP contribution in [0.5, 0.6) is 0 Å². The lowest BCUT2D eigenvalue weighted by molar-refractivity contribution is -0.141. The van der Waals surface area contributed by atoms with Crippen LogP contribution in [0.3, 0.4) is 0 Å². The number of carbonyl (C=O) groups excluding carboxylic acids is 1. The second-order valence-electron chi connectivity index (χ2n) is 4.18. The molecule has 94 valence electrons. The van der Waals surface area contributed by atoms with Crippen molar-refractivity contribution in [1.82, 2.24) is 10.2 Å². The standard InChI is InChI=1S/C11H22N2O3/c1-9(8-16-3)13(4-5-15-2)11(14)10-6-12-7-10/h9-10,12H,4-8H2,1-3H3. The van der Waals surface area contributed by atoms with Gasteiger partial charge in [0.15, 0.2) is 0 Å². The Bertz CT molecular complexity index is 219. The lowest BCUT2D eigenvalue weighted by Gasteiger charge is -2.35. The Morgan fingerprint density at radius 1 is 1.44 bits per heavy atom. The number of nitrogens with one attached hydrogen (secondary N) is 1. The summed E-state index contributed by atoms with van der Waals surface area (Å²) < 4.78 is 10.1. The highest BCUT2D eigenvalue weighted by atomic mass is 16.5. The van der Waals surface area contributed by atoms with Gasteiger partial charge in [0.25, 0.3) is 0 Å². The average molecular weight is 230 g/mol. The van der Waals surface area contributed by atoms with Crippen molar-refractivity contribution in [3.05, 3.63) is 0 Å². The van der Waals surface area contributed by atoms with Crippen molar-refractivity contribution in [2.75, 3.05) is 47.1 Å². The number of amides is 1. The summed E-state index contributed by atoms with van der Waals surface area (Å²) in [6, 6.07) is 0.105. The lowest BCUT2D eigenvalue weighted by atomic mass is 10.0. The molecule has 1 saturated heterocycles. The van der Waals surface area contributed by atoms with Crippen LogP contribution in [0.1, 0.15) is 6.92 Å². The predicted molar refractivity (Wildman–Crippen MR) is 61.3 cm³/mol. The molecule has 0 aliphatic carbocycles. The quantitative estimate of drug-likeness (QED) is 0.653. The first-order chi connectivity index (χ1) is 7.70. The minimum absolute atomic E-state index is 0.105. The molecule has 5 heteroatoms. The zero-order valence-electron chi connectivity index (χ0n) is 10.4. The van der Waals surface area contributed by atoms with Crippen LogP contribution in [0.4, 0.5) is 0 Å². The number of carbonyl (C=O) groups is 1. The van der Waals surface area contributed by atoms with Gasteiger partial charge in [0.1, 0.15) is 0 Å². The van der Waals surface area contributed by atoms with E-state index in [1.807, 2.05) is 11.8 Å². The van der Waals surface area contributed by atoms with E-state index < -0.39 is 0 Å². The summed E-state index contributed by atoms with van der Waals surface area (Å²) in [6.45, 7) is 5.36. The molecule has 1 aliphatic rings. The normalized spacial score (nSPS) is 17.9. The van der Waals surface area contributed by atoms with Crippen LogP contribution in [0.15, 0.2) is 0 Å². The van der Waals surface area contributed by atoms with Crippen molar-refractivity contribution < 1.29 is 14.3 Å². The van der Waals surface area contributed by atoms with Crippen LogP contribution in [0.2, 0.25) is 0 Å². The molecule has 1 heterocycles. The molecule has 1 fully saturated rings. The Hall–Kier alpha value is -0.650. The first-order valence-corrected chi connectivity index (χ1v) is 5.69. The van der Waals surface area contributed by atoms with Gasteiger partial charge in [0.05, 0.1) is 25.2 Å². The molecule has 0 aromatic rings. The molecular formula is C11H22N2O3. The molecule has 1 unspecified atom stereocenters. The highest BCUT2D eigenvalue weighted by Crippen LogP contribution is 2.11. The van der Waals surface area contributed by atoms with E-state index in [0.29, 0.717) is 19.8 Å². The number of methoxy groups -OCH3 is 2. The van der Waals surface area contributed by atoms with E-state index in [0.717, 1.165) is 13.1 Å². The SMILES string of the molecule is COCCN(C(=O)C1CNC1)C(C)COC. The van der Waals surface area contributed by atoms with E-state index in [1.165, 1.54) is 0 Å². The smallest absolute Gasteiger partial charge is 0.228 e. The topological polar surface area (TPSA) is 50.8 Å². The summed E-state index contributed by atoms with van der Waals surface area (Å²) in [7, 11) is 3.30. The molecule has 0 aromatic heterocycles. The molecule has 1 atom stereocenters. The molecule has 16 heavy (non-hydrogen) atoms. The summed E-state index contributed by atoms with van der Waals surface area (Å²) in [4.78, 5) is 14.0. The highest BCUT2D eigenvalue weighted by Gasteiger charge is 2.31. The summed E-state index contributed by atoms with van der Waals surface area (Å²) in [5, 5.41) is 3.11. The monoisotopic (exact) mass is 230 g/mol. The van der Waals surface area contributed by atoms with Crippen molar-refractivity contribution in [3.8, 4) is 0 Å². The zero-order valence-corrected chi connectivity index (χ0v) is 10.4. The molecule has 1 amide bonds. The maximum absolute atomic E-state index is 12.1. The van der Waals surface area contributed by atoms with Crippen molar-refractivity contribution in [2.45, 2.75) is 13.0 Å². The van der Waals surface area contributed by atoms with Gasteiger partial charge in [0.2, 0.25) is 5.91 Å². The molecule has 0 bridgehead atoms. The van der Waals surface area contributed by atoms with Crippen molar-refractivity contribution in [1.29, 1.82) is 0 Å². The van der Waals surface area contributed by atoms with Gasteiger partial charge in [-0.15, -0.1) is 0 Å². The van der Waals surface area contributed by atoms with Gasteiger partial charge < -0.3 is 19.7 Å². The van der Waals surface area contributed by atoms with Gasteiger partial charge in [-0.2, -0.15) is 0 Å². The molecule has 0 radical (unpaired) electrons. The number of nitrogens with zero attached hydrogens (tertiary/aromatic N) is 1. The second-order valence-corrected chi connectivity index (χ2v) is 4.18. The highest BCUT2D eigenvalue weighted by molar-refractivity contribution is 5.80. The van der Waals surface area contributed by atoms with Crippen LogP contribution < -0.4 is 5.32 Å². The molecule has 0 aromatic carbocycles. The molecule has 1 N–H and O–H groups in total. The van der Waals surface area contributed by atoms with Crippen LogP contribution >= 0.6 is 0 Å². The molecule has 5 nitrogen and oxygen atoms in total. The van der Waals surface area contributed by atoms with Gasteiger partial charge in [-0.25, -0.2) is 0 Å². The molecule has 0 spiro atoms. The number of hydrogen-bond donors (Lipinski definition) is 1. The zero-order chi connectivity index (χ0) is 12.0. The van der Waals surface area contributed by atoms with Gasteiger partial charge >= 0.3 is 0 Å². The maximum atomic E-state index is 12.1. The van der Waals surface area contributed by atoms with E-state index in [4.69, 9.17) is 9.47 Å².